The first-order chi connectivity index (χ1) is 7.88. The first kappa shape index (κ1) is 11.8. The number of rotatable bonds is 3. The second kappa shape index (κ2) is 3.66. The van der Waals surface area contributed by atoms with Gasteiger partial charge in [-0.2, -0.15) is 4.39 Å². The van der Waals surface area contributed by atoms with Crippen LogP contribution in [0.15, 0.2) is 12.1 Å². The van der Waals surface area contributed by atoms with Crippen molar-refractivity contribution >= 4 is 5.69 Å². The fourth-order valence-electron chi connectivity index (χ4n) is 2.19. The van der Waals surface area contributed by atoms with Gasteiger partial charge < -0.3 is 10.8 Å². The molecule has 0 radical (unpaired) electrons. The highest BCUT2D eigenvalue weighted by Gasteiger charge is 2.49. The summed E-state index contributed by atoms with van der Waals surface area (Å²) in [4.78, 5) is 9.86. The highest BCUT2D eigenvalue weighted by Crippen LogP contribution is 2.53. The van der Waals surface area contributed by atoms with E-state index in [1.165, 1.54) is 0 Å². The highest BCUT2D eigenvalue weighted by atomic mass is 19.1. The Morgan fingerprint density at radius 3 is 2.59 bits per heavy atom. The molecule has 0 amide bonds. The summed E-state index contributed by atoms with van der Waals surface area (Å²) < 4.78 is 13.3. The largest absolute Gasteiger partial charge is 0.508 e. The Labute approximate surface area is 97.2 Å². The molecule has 0 saturated heterocycles. The second-order valence-electron chi connectivity index (χ2n) is 4.52. The standard InChI is InChI=1S/C11H13FN2O3/c1-6(13)11(2-3-11)7-4-9(14(16)17)8(12)5-10(7)15/h4-6,15H,2-3,13H2,1H3. The van der Waals surface area contributed by atoms with Gasteiger partial charge in [-0.1, -0.05) is 0 Å². The molecule has 6 heteroatoms. The number of phenolic OH excluding ortho intramolecular Hbond substituents is 1. The molecule has 0 heterocycles. The van der Waals surface area contributed by atoms with Crippen molar-refractivity contribution < 1.29 is 14.4 Å². The van der Waals surface area contributed by atoms with Crippen LogP contribution in [0.3, 0.4) is 0 Å². The summed E-state index contributed by atoms with van der Waals surface area (Å²) in [5.74, 6) is -1.29. The minimum absolute atomic E-state index is 0.238. The van der Waals surface area contributed by atoms with Gasteiger partial charge in [-0.15, -0.1) is 0 Å². The Balaban J connectivity index is 2.55. The molecule has 1 aromatic rings. The van der Waals surface area contributed by atoms with Crippen LogP contribution in [0.25, 0.3) is 0 Å². The van der Waals surface area contributed by atoms with Crippen LogP contribution in [0.2, 0.25) is 0 Å². The first-order valence-electron chi connectivity index (χ1n) is 5.31. The van der Waals surface area contributed by atoms with E-state index in [1.807, 2.05) is 0 Å². The molecule has 1 aliphatic carbocycles. The summed E-state index contributed by atoms with van der Waals surface area (Å²) in [7, 11) is 0. The Hall–Kier alpha value is -1.69. The van der Waals surface area contributed by atoms with Crippen LogP contribution in [0.4, 0.5) is 10.1 Å². The van der Waals surface area contributed by atoms with Crippen LogP contribution in [0, 0.1) is 15.9 Å². The van der Waals surface area contributed by atoms with Gasteiger partial charge in [-0.05, 0) is 19.8 Å². The maximum Gasteiger partial charge on any atom is 0.305 e. The van der Waals surface area contributed by atoms with Crippen molar-refractivity contribution in [3.63, 3.8) is 0 Å². The molecule has 1 fully saturated rings. The summed E-state index contributed by atoms with van der Waals surface area (Å²) in [5, 5.41) is 20.4. The van der Waals surface area contributed by atoms with E-state index >= 15 is 0 Å². The molecular weight excluding hydrogens is 227 g/mol. The molecule has 1 aliphatic rings. The average Bonchev–Trinajstić information content (AvgIpc) is 2.97. The Morgan fingerprint density at radius 2 is 2.18 bits per heavy atom. The van der Waals surface area contributed by atoms with Crippen molar-refractivity contribution in [2.24, 2.45) is 5.73 Å². The second-order valence-corrected chi connectivity index (χ2v) is 4.52. The van der Waals surface area contributed by atoms with Crippen molar-refractivity contribution in [1.82, 2.24) is 0 Å². The van der Waals surface area contributed by atoms with Crippen LogP contribution in [0.5, 0.6) is 5.75 Å². The van der Waals surface area contributed by atoms with E-state index < -0.39 is 21.8 Å². The van der Waals surface area contributed by atoms with Crippen molar-refractivity contribution in [3.05, 3.63) is 33.6 Å². The van der Waals surface area contributed by atoms with E-state index in [2.05, 4.69) is 0 Å². The molecule has 0 aliphatic heterocycles. The molecule has 0 bridgehead atoms. The molecule has 1 unspecified atom stereocenters. The zero-order chi connectivity index (χ0) is 12.8. The summed E-state index contributed by atoms with van der Waals surface area (Å²) in [6.07, 6.45) is 1.50. The van der Waals surface area contributed by atoms with Crippen LogP contribution < -0.4 is 5.73 Å². The molecule has 1 aromatic carbocycles. The molecule has 0 spiro atoms. The quantitative estimate of drug-likeness (QED) is 0.623. The smallest absolute Gasteiger partial charge is 0.305 e. The lowest BCUT2D eigenvalue weighted by Gasteiger charge is -2.20. The summed E-state index contributed by atoms with van der Waals surface area (Å²) >= 11 is 0. The van der Waals surface area contributed by atoms with Crippen molar-refractivity contribution in [3.8, 4) is 5.75 Å². The van der Waals surface area contributed by atoms with Crippen LogP contribution in [-0.2, 0) is 5.41 Å². The van der Waals surface area contributed by atoms with E-state index in [1.54, 1.807) is 6.92 Å². The number of phenols is 1. The van der Waals surface area contributed by atoms with E-state index in [0.29, 0.717) is 5.56 Å². The third-order valence-electron chi connectivity index (χ3n) is 3.46. The Bertz CT molecular complexity index is 484. The van der Waals surface area contributed by atoms with Gasteiger partial charge in [0.1, 0.15) is 5.75 Å². The summed E-state index contributed by atoms with van der Waals surface area (Å²) in [6.45, 7) is 1.78. The fourth-order valence-corrected chi connectivity index (χ4v) is 2.19. The van der Waals surface area contributed by atoms with Crippen LogP contribution in [0.1, 0.15) is 25.3 Å². The van der Waals surface area contributed by atoms with Crippen molar-refractivity contribution in [2.75, 3.05) is 0 Å². The third kappa shape index (κ3) is 1.74. The third-order valence-corrected chi connectivity index (χ3v) is 3.46. The number of hydrogen-bond donors (Lipinski definition) is 2. The van der Waals surface area contributed by atoms with Gasteiger partial charge in [0.05, 0.1) is 4.92 Å². The van der Waals surface area contributed by atoms with Gasteiger partial charge >= 0.3 is 5.69 Å². The fraction of sp³-hybridized carbons (Fsp3) is 0.455. The molecule has 0 aromatic heterocycles. The molecule has 17 heavy (non-hydrogen) atoms. The van der Waals surface area contributed by atoms with Crippen LogP contribution in [-0.4, -0.2) is 16.1 Å². The zero-order valence-corrected chi connectivity index (χ0v) is 9.31. The Morgan fingerprint density at radius 1 is 1.59 bits per heavy atom. The first-order valence-corrected chi connectivity index (χ1v) is 5.31. The SMILES string of the molecule is CC(N)C1(c2cc([N+](=O)[O-])c(F)cc2O)CC1. The van der Waals surface area contributed by atoms with Gasteiger partial charge in [-0.25, -0.2) is 0 Å². The maximum atomic E-state index is 13.3. The molecule has 1 saturated carbocycles. The topological polar surface area (TPSA) is 89.4 Å². The Kier molecular flexibility index (Phi) is 2.54. The molecule has 2 rings (SSSR count). The predicted molar refractivity (Wildman–Crippen MR) is 59.3 cm³/mol. The number of aromatic hydroxyl groups is 1. The molecule has 92 valence electrons. The van der Waals surface area contributed by atoms with Gasteiger partial charge in [0.15, 0.2) is 0 Å². The molecule has 3 N–H and O–H groups in total. The lowest BCUT2D eigenvalue weighted by molar-refractivity contribution is -0.387. The summed E-state index contributed by atoms with van der Waals surface area (Å²) in [6, 6.07) is 1.65. The zero-order valence-electron chi connectivity index (χ0n) is 9.31. The molecule has 1 atom stereocenters. The highest BCUT2D eigenvalue weighted by molar-refractivity contribution is 5.51. The minimum Gasteiger partial charge on any atom is -0.508 e. The number of hydrogen-bond acceptors (Lipinski definition) is 4. The number of nitro groups is 1. The molecular formula is C11H13FN2O3. The number of nitrogens with zero attached hydrogens (tertiary/aromatic N) is 1. The van der Waals surface area contributed by atoms with Gasteiger partial charge in [0.25, 0.3) is 0 Å². The van der Waals surface area contributed by atoms with E-state index in [9.17, 15) is 19.6 Å². The normalized spacial score (nSPS) is 18.8. The number of halogens is 1. The number of benzene rings is 1. The lowest BCUT2D eigenvalue weighted by Crippen LogP contribution is -2.31. The van der Waals surface area contributed by atoms with Gasteiger partial charge in [-0.3, -0.25) is 10.1 Å². The maximum absolute atomic E-state index is 13.3. The summed E-state index contributed by atoms with van der Waals surface area (Å²) in [5.41, 5.74) is 5.14. The van der Waals surface area contributed by atoms with Crippen LogP contribution >= 0.6 is 0 Å². The lowest BCUT2D eigenvalue weighted by atomic mass is 9.88. The predicted octanol–water partition coefficient (Wildman–Crippen LogP) is 1.82. The average molecular weight is 240 g/mol. The van der Waals surface area contributed by atoms with E-state index in [4.69, 9.17) is 5.73 Å². The van der Waals surface area contributed by atoms with Gasteiger partial charge in [0.2, 0.25) is 5.82 Å². The van der Waals surface area contributed by atoms with Crippen molar-refractivity contribution in [2.45, 2.75) is 31.2 Å². The van der Waals surface area contributed by atoms with E-state index in [-0.39, 0.29) is 11.8 Å². The monoisotopic (exact) mass is 240 g/mol. The molecule has 5 nitrogen and oxygen atoms in total. The minimum atomic E-state index is -1.03. The number of nitrogens with two attached hydrogens (primary N) is 1. The van der Waals surface area contributed by atoms with Crippen molar-refractivity contribution in [1.29, 1.82) is 0 Å². The van der Waals surface area contributed by atoms with E-state index in [0.717, 1.165) is 25.0 Å². The van der Waals surface area contributed by atoms with Gasteiger partial charge in [0, 0.05) is 29.2 Å². The number of nitro benzene ring substituents is 1.